The van der Waals surface area contributed by atoms with E-state index in [1.165, 1.54) is 44.2 Å². The van der Waals surface area contributed by atoms with Crippen LogP contribution in [0, 0.1) is 0 Å². The van der Waals surface area contributed by atoms with Crippen LogP contribution in [0.2, 0.25) is 0 Å². The summed E-state index contributed by atoms with van der Waals surface area (Å²) < 4.78 is 6.69. The van der Waals surface area contributed by atoms with E-state index in [1.807, 2.05) is 0 Å². The SMILES string of the molecule is CC1(C)c2ccccc2-c2c1cc1ccccc1c2-c1ccc2c(c1)oc1cc(N(c3ccccc3)c3ccccc3)ccc12. The van der Waals surface area contributed by atoms with E-state index < -0.39 is 0 Å². The van der Waals surface area contributed by atoms with E-state index in [-0.39, 0.29) is 5.41 Å². The molecule has 0 N–H and O–H groups in total. The third kappa shape index (κ3) is 3.89. The van der Waals surface area contributed by atoms with Gasteiger partial charge in [0.2, 0.25) is 0 Å². The highest BCUT2D eigenvalue weighted by Gasteiger charge is 2.37. The first-order valence-electron chi connectivity index (χ1n) is 15.6. The first-order chi connectivity index (χ1) is 22.1. The van der Waals surface area contributed by atoms with Crippen LogP contribution >= 0.6 is 0 Å². The van der Waals surface area contributed by atoms with Gasteiger partial charge in [0, 0.05) is 39.3 Å². The van der Waals surface area contributed by atoms with Crippen LogP contribution in [-0.2, 0) is 5.41 Å². The lowest BCUT2D eigenvalue weighted by molar-refractivity contribution is 0.661. The summed E-state index contributed by atoms with van der Waals surface area (Å²) in [6.45, 7) is 4.70. The first-order valence-corrected chi connectivity index (χ1v) is 15.6. The van der Waals surface area contributed by atoms with E-state index in [2.05, 4.69) is 170 Å². The van der Waals surface area contributed by atoms with E-state index >= 15 is 0 Å². The van der Waals surface area contributed by atoms with Crippen LogP contribution in [0.15, 0.2) is 156 Å². The van der Waals surface area contributed by atoms with Crippen molar-refractivity contribution >= 4 is 49.8 Å². The largest absolute Gasteiger partial charge is 0.456 e. The van der Waals surface area contributed by atoms with Crippen molar-refractivity contribution in [2.45, 2.75) is 19.3 Å². The minimum atomic E-state index is -0.0754. The monoisotopic (exact) mass is 577 g/mol. The normalized spacial score (nSPS) is 13.3. The maximum atomic E-state index is 6.69. The summed E-state index contributed by atoms with van der Waals surface area (Å²) in [4.78, 5) is 2.27. The molecule has 0 fully saturated rings. The zero-order valence-electron chi connectivity index (χ0n) is 25.3. The highest BCUT2D eigenvalue weighted by molar-refractivity contribution is 6.11. The molecule has 8 aromatic rings. The van der Waals surface area contributed by atoms with Crippen LogP contribution in [0.1, 0.15) is 25.0 Å². The molecule has 0 unspecified atom stereocenters. The van der Waals surface area contributed by atoms with Gasteiger partial charge in [-0.3, -0.25) is 0 Å². The first kappa shape index (κ1) is 25.9. The fraction of sp³-hybridized carbons (Fsp3) is 0.0698. The van der Waals surface area contributed by atoms with Gasteiger partial charge in [0.1, 0.15) is 11.2 Å². The number of rotatable bonds is 4. The quantitative estimate of drug-likeness (QED) is 0.207. The maximum Gasteiger partial charge on any atom is 0.137 e. The van der Waals surface area contributed by atoms with Gasteiger partial charge in [-0.25, -0.2) is 0 Å². The summed E-state index contributed by atoms with van der Waals surface area (Å²) in [6.07, 6.45) is 0. The van der Waals surface area contributed by atoms with Crippen molar-refractivity contribution in [1.82, 2.24) is 0 Å². The molecule has 214 valence electrons. The molecule has 0 radical (unpaired) electrons. The summed E-state index contributed by atoms with van der Waals surface area (Å²) in [7, 11) is 0. The Balaban J connectivity index is 1.25. The number of furan rings is 1. The third-order valence-corrected chi connectivity index (χ3v) is 9.62. The molecule has 1 aliphatic carbocycles. The van der Waals surface area contributed by atoms with Gasteiger partial charge < -0.3 is 9.32 Å². The summed E-state index contributed by atoms with van der Waals surface area (Å²) in [5, 5.41) is 4.78. The van der Waals surface area contributed by atoms with E-state index in [0.29, 0.717) is 0 Å². The lowest BCUT2D eigenvalue weighted by Crippen LogP contribution is -2.14. The van der Waals surface area contributed by atoms with Gasteiger partial charge >= 0.3 is 0 Å². The van der Waals surface area contributed by atoms with Gasteiger partial charge in [0.05, 0.1) is 0 Å². The molecule has 0 saturated carbocycles. The molecule has 0 atom stereocenters. The fourth-order valence-electron chi connectivity index (χ4n) is 7.47. The van der Waals surface area contributed by atoms with Gasteiger partial charge in [0.25, 0.3) is 0 Å². The van der Waals surface area contributed by atoms with E-state index in [4.69, 9.17) is 4.42 Å². The molecule has 1 heterocycles. The highest BCUT2D eigenvalue weighted by atomic mass is 16.3. The number of benzene rings is 7. The zero-order chi connectivity index (χ0) is 30.1. The van der Waals surface area contributed by atoms with Crippen LogP contribution < -0.4 is 4.90 Å². The number of nitrogens with zero attached hydrogens (tertiary/aromatic N) is 1. The summed E-state index contributed by atoms with van der Waals surface area (Å²) in [6, 6.07) is 54.4. The molecular formula is C43H31NO. The summed E-state index contributed by atoms with van der Waals surface area (Å²) in [5.41, 5.74) is 12.9. The molecule has 7 aromatic carbocycles. The summed E-state index contributed by atoms with van der Waals surface area (Å²) >= 11 is 0. The molecule has 0 aliphatic heterocycles. The average Bonchev–Trinajstić information content (AvgIpc) is 3.56. The van der Waals surface area contributed by atoms with E-state index in [9.17, 15) is 0 Å². The van der Waals surface area contributed by atoms with Crippen LogP contribution in [-0.4, -0.2) is 0 Å². The minimum Gasteiger partial charge on any atom is -0.456 e. The van der Waals surface area contributed by atoms with Gasteiger partial charge in [-0.1, -0.05) is 105 Å². The van der Waals surface area contributed by atoms with Crippen molar-refractivity contribution in [1.29, 1.82) is 0 Å². The fourth-order valence-corrected chi connectivity index (χ4v) is 7.47. The van der Waals surface area contributed by atoms with Crippen LogP contribution in [0.5, 0.6) is 0 Å². The topological polar surface area (TPSA) is 16.4 Å². The molecule has 0 bridgehead atoms. The lowest BCUT2D eigenvalue weighted by atomic mass is 9.80. The van der Waals surface area contributed by atoms with Crippen LogP contribution in [0.25, 0.3) is 55.0 Å². The standard InChI is InChI=1S/C43H31NO/c1-43(2)37-20-12-11-19-36(37)42-38(43)25-28-13-9-10-18-33(28)41(42)29-21-23-34-35-24-22-32(27-40(35)45-39(34)26-29)44(30-14-5-3-6-15-30)31-16-7-4-8-17-31/h3-27H,1-2H3. The Bertz CT molecular complexity index is 2360. The Morgan fingerprint density at radius 1 is 0.467 bits per heavy atom. The predicted molar refractivity (Wildman–Crippen MR) is 189 cm³/mol. The third-order valence-electron chi connectivity index (χ3n) is 9.62. The second kappa shape index (κ2) is 9.70. The number of hydrogen-bond donors (Lipinski definition) is 0. The maximum absolute atomic E-state index is 6.69. The van der Waals surface area contributed by atoms with Crippen molar-refractivity contribution in [3.8, 4) is 22.3 Å². The average molecular weight is 578 g/mol. The molecule has 1 aromatic heterocycles. The van der Waals surface area contributed by atoms with Gasteiger partial charge in [-0.2, -0.15) is 0 Å². The number of hydrogen-bond acceptors (Lipinski definition) is 2. The minimum absolute atomic E-state index is 0.0754. The summed E-state index contributed by atoms with van der Waals surface area (Å²) in [5.74, 6) is 0. The van der Waals surface area contributed by atoms with Crippen molar-refractivity contribution in [3.05, 3.63) is 163 Å². The van der Waals surface area contributed by atoms with E-state index in [0.717, 1.165) is 39.0 Å². The van der Waals surface area contributed by atoms with Gasteiger partial charge in [-0.15, -0.1) is 0 Å². The van der Waals surface area contributed by atoms with Crippen LogP contribution in [0.4, 0.5) is 17.1 Å². The molecule has 0 amide bonds. The Morgan fingerprint density at radius 3 is 1.84 bits per heavy atom. The Morgan fingerprint density at radius 2 is 1.09 bits per heavy atom. The Kier molecular flexibility index (Phi) is 5.58. The molecule has 1 aliphatic rings. The molecule has 45 heavy (non-hydrogen) atoms. The molecule has 0 spiro atoms. The molecule has 2 nitrogen and oxygen atoms in total. The van der Waals surface area contributed by atoms with Gasteiger partial charge in [0.15, 0.2) is 0 Å². The van der Waals surface area contributed by atoms with Crippen molar-refractivity contribution in [2.24, 2.45) is 0 Å². The van der Waals surface area contributed by atoms with Crippen molar-refractivity contribution in [3.63, 3.8) is 0 Å². The Labute approximate surface area is 262 Å². The van der Waals surface area contributed by atoms with Crippen LogP contribution in [0.3, 0.4) is 0 Å². The predicted octanol–water partition coefficient (Wildman–Crippen LogP) is 12.2. The molecule has 2 heteroatoms. The lowest BCUT2D eigenvalue weighted by Gasteiger charge is -2.25. The number of para-hydroxylation sites is 2. The number of anilines is 3. The second-order valence-electron chi connectivity index (χ2n) is 12.6. The van der Waals surface area contributed by atoms with Gasteiger partial charge in [-0.05, 0) is 98.8 Å². The molecular weight excluding hydrogens is 546 g/mol. The number of fused-ring (bicyclic) bond motifs is 7. The van der Waals surface area contributed by atoms with Crippen molar-refractivity contribution < 1.29 is 4.42 Å². The second-order valence-corrected chi connectivity index (χ2v) is 12.6. The smallest absolute Gasteiger partial charge is 0.137 e. The highest BCUT2D eigenvalue weighted by Crippen LogP contribution is 2.54. The molecule has 0 saturated heterocycles. The van der Waals surface area contributed by atoms with E-state index in [1.54, 1.807) is 0 Å². The Hall–Kier alpha value is -5.60. The van der Waals surface area contributed by atoms with Crippen molar-refractivity contribution in [2.75, 3.05) is 4.90 Å². The molecule has 9 rings (SSSR count). The zero-order valence-corrected chi connectivity index (χ0v) is 25.3.